The van der Waals surface area contributed by atoms with Gasteiger partial charge in [-0.05, 0) is 30.5 Å². The van der Waals surface area contributed by atoms with Crippen molar-refractivity contribution in [2.24, 2.45) is 0 Å². The predicted octanol–water partition coefficient (Wildman–Crippen LogP) is 3.47. The van der Waals surface area contributed by atoms with Gasteiger partial charge in [-0.15, -0.1) is 11.8 Å². The van der Waals surface area contributed by atoms with E-state index in [-0.39, 0.29) is 0 Å². The number of pyridine rings is 1. The van der Waals surface area contributed by atoms with E-state index in [2.05, 4.69) is 35.5 Å². The second-order valence-electron chi connectivity index (χ2n) is 2.94. The zero-order valence-corrected chi connectivity index (χ0v) is 8.79. The zero-order valence-electron chi connectivity index (χ0n) is 7.97. The molecule has 0 saturated heterocycles. The van der Waals surface area contributed by atoms with Crippen LogP contribution in [0, 0.1) is 0 Å². The summed E-state index contributed by atoms with van der Waals surface area (Å²) >= 11 is 1.75. The van der Waals surface area contributed by atoms with Crippen LogP contribution in [0.2, 0.25) is 0 Å². The van der Waals surface area contributed by atoms with Gasteiger partial charge in [0.15, 0.2) is 0 Å². The SMILES string of the molecule is CSc1ccc(-c2ccccn2)cc1. The first kappa shape index (κ1) is 9.28. The molecule has 0 spiro atoms. The van der Waals surface area contributed by atoms with Gasteiger partial charge in [0.2, 0.25) is 0 Å². The number of benzene rings is 1. The molecule has 1 heterocycles. The lowest BCUT2D eigenvalue weighted by Gasteiger charge is -2.00. The smallest absolute Gasteiger partial charge is 0.0701 e. The van der Waals surface area contributed by atoms with Gasteiger partial charge in [0.1, 0.15) is 0 Å². The Morgan fingerprint density at radius 3 is 2.36 bits per heavy atom. The van der Waals surface area contributed by atoms with E-state index in [0.717, 1.165) is 5.69 Å². The van der Waals surface area contributed by atoms with Gasteiger partial charge in [0.25, 0.3) is 0 Å². The summed E-state index contributed by atoms with van der Waals surface area (Å²) in [4.78, 5) is 5.58. The zero-order chi connectivity index (χ0) is 9.80. The van der Waals surface area contributed by atoms with Gasteiger partial charge in [-0.1, -0.05) is 18.2 Å². The normalized spacial score (nSPS) is 10.1. The third kappa shape index (κ3) is 1.96. The fourth-order valence-corrected chi connectivity index (χ4v) is 1.70. The second kappa shape index (κ2) is 4.29. The molecule has 1 nitrogen and oxygen atoms in total. The topological polar surface area (TPSA) is 12.9 Å². The molecule has 1 aromatic heterocycles. The summed E-state index contributed by atoms with van der Waals surface area (Å²) in [5, 5.41) is 0. The first-order valence-corrected chi connectivity index (χ1v) is 5.68. The second-order valence-corrected chi connectivity index (χ2v) is 3.82. The molecule has 0 fully saturated rings. The molecule has 0 N–H and O–H groups in total. The molecular weight excluding hydrogens is 190 g/mol. The third-order valence-electron chi connectivity index (χ3n) is 2.05. The Balaban J connectivity index is 2.34. The Kier molecular flexibility index (Phi) is 2.84. The van der Waals surface area contributed by atoms with Crippen LogP contribution >= 0.6 is 11.8 Å². The van der Waals surface area contributed by atoms with Gasteiger partial charge in [0, 0.05) is 16.7 Å². The summed E-state index contributed by atoms with van der Waals surface area (Å²) in [7, 11) is 0. The van der Waals surface area contributed by atoms with Crippen molar-refractivity contribution < 1.29 is 0 Å². The maximum Gasteiger partial charge on any atom is 0.0701 e. The molecule has 0 aliphatic rings. The lowest BCUT2D eigenvalue weighted by atomic mass is 10.1. The summed E-state index contributed by atoms with van der Waals surface area (Å²) in [6, 6.07) is 14.4. The number of thioether (sulfide) groups is 1. The molecule has 0 amide bonds. The van der Waals surface area contributed by atoms with Crippen LogP contribution in [0.3, 0.4) is 0 Å². The van der Waals surface area contributed by atoms with E-state index in [9.17, 15) is 0 Å². The molecule has 0 aliphatic heterocycles. The number of nitrogens with zero attached hydrogens (tertiary/aromatic N) is 1. The van der Waals surface area contributed by atoms with Gasteiger partial charge in [-0.25, -0.2) is 0 Å². The highest BCUT2D eigenvalue weighted by molar-refractivity contribution is 7.98. The minimum atomic E-state index is 1.03. The minimum Gasteiger partial charge on any atom is -0.256 e. The quantitative estimate of drug-likeness (QED) is 0.690. The molecular formula is C12H11NS. The van der Waals surface area contributed by atoms with E-state index in [1.54, 1.807) is 11.8 Å². The van der Waals surface area contributed by atoms with E-state index in [0.29, 0.717) is 0 Å². The Hall–Kier alpha value is -1.28. The van der Waals surface area contributed by atoms with Crippen molar-refractivity contribution in [2.45, 2.75) is 4.90 Å². The van der Waals surface area contributed by atoms with Gasteiger partial charge >= 0.3 is 0 Å². The Labute approximate surface area is 88.2 Å². The van der Waals surface area contributed by atoms with Crippen LogP contribution in [0.25, 0.3) is 11.3 Å². The number of hydrogen-bond acceptors (Lipinski definition) is 2. The van der Waals surface area contributed by atoms with Crippen LogP contribution in [0.4, 0.5) is 0 Å². The van der Waals surface area contributed by atoms with Crippen molar-refractivity contribution in [3.8, 4) is 11.3 Å². The summed E-state index contributed by atoms with van der Waals surface area (Å²) < 4.78 is 0. The molecule has 1 aromatic carbocycles. The van der Waals surface area contributed by atoms with Crippen LogP contribution < -0.4 is 0 Å². The molecule has 0 bridgehead atoms. The highest BCUT2D eigenvalue weighted by Gasteiger charge is 1.96. The van der Waals surface area contributed by atoms with Gasteiger partial charge in [-0.3, -0.25) is 4.98 Å². The van der Waals surface area contributed by atoms with Crippen LogP contribution in [0.1, 0.15) is 0 Å². The third-order valence-corrected chi connectivity index (χ3v) is 2.79. The van der Waals surface area contributed by atoms with Crippen LogP contribution in [0.15, 0.2) is 53.6 Å². The maximum atomic E-state index is 4.30. The number of aromatic nitrogens is 1. The van der Waals surface area contributed by atoms with Crippen LogP contribution in [0.5, 0.6) is 0 Å². The van der Waals surface area contributed by atoms with Crippen molar-refractivity contribution in [1.29, 1.82) is 0 Å². The first-order chi connectivity index (χ1) is 6.90. The lowest BCUT2D eigenvalue weighted by molar-refractivity contribution is 1.32. The highest BCUT2D eigenvalue weighted by atomic mass is 32.2. The van der Waals surface area contributed by atoms with Crippen molar-refractivity contribution in [1.82, 2.24) is 4.98 Å². The minimum absolute atomic E-state index is 1.03. The molecule has 2 aromatic rings. The van der Waals surface area contributed by atoms with Crippen molar-refractivity contribution >= 4 is 11.8 Å². The lowest BCUT2D eigenvalue weighted by Crippen LogP contribution is -1.81. The number of rotatable bonds is 2. The monoisotopic (exact) mass is 201 g/mol. The van der Waals surface area contributed by atoms with E-state index >= 15 is 0 Å². The molecule has 14 heavy (non-hydrogen) atoms. The first-order valence-electron chi connectivity index (χ1n) is 4.45. The molecule has 70 valence electrons. The average Bonchev–Trinajstić information content (AvgIpc) is 2.30. The van der Waals surface area contributed by atoms with E-state index in [1.807, 2.05) is 24.4 Å². The van der Waals surface area contributed by atoms with Crippen molar-refractivity contribution in [3.63, 3.8) is 0 Å². The van der Waals surface area contributed by atoms with E-state index < -0.39 is 0 Å². The summed E-state index contributed by atoms with van der Waals surface area (Å²) in [5.41, 5.74) is 2.20. The molecule has 0 atom stereocenters. The fourth-order valence-electron chi connectivity index (χ4n) is 1.30. The predicted molar refractivity (Wildman–Crippen MR) is 61.5 cm³/mol. The van der Waals surface area contributed by atoms with Gasteiger partial charge in [0.05, 0.1) is 5.69 Å². The Morgan fingerprint density at radius 1 is 1.00 bits per heavy atom. The van der Waals surface area contributed by atoms with E-state index in [1.165, 1.54) is 10.5 Å². The van der Waals surface area contributed by atoms with Crippen molar-refractivity contribution in [3.05, 3.63) is 48.7 Å². The maximum absolute atomic E-state index is 4.30. The van der Waals surface area contributed by atoms with Crippen LogP contribution in [-0.2, 0) is 0 Å². The largest absolute Gasteiger partial charge is 0.256 e. The molecule has 0 unspecified atom stereocenters. The molecule has 0 radical (unpaired) electrons. The summed E-state index contributed by atoms with van der Waals surface area (Å²) in [6.45, 7) is 0. The Morgan fingerprint density at radius 2 is 1.79 bits per heavy atom. The standard InChI is InChI=1S/C12H11NS/c1-14-11-7-5-10(6-8-11)12-4-2-3-9-13-12/h2-9H,1H3. The molecule has 2 rings (SSSR count). The Bertz CT molecular complexity index is 394. The fraction of sp³-hybridized carbons (Fsp3) is 0.0833. The molecule has 2 heteroatoms. The van der Waals surface area contributed by atoms with Gasteiger partial charge in [-0.2, -0.15) is 0 Å². The molecule has 0 saturated carbocycles. The van der Waals surface area contributed by atoms with Crippen molar-refractivity contribution in [2.75, 3.05) is 6.26 Å². The summed E-state index contributed by atoms with van der Waals surface area (Å²) in [5.74, 6) is 0. The van der Waals surface area contributed by atoms with E-state index in [4.69, 9.17) is 0 Å². The summed E-state index contributed by atoms with van der Waals surface area (Å²) in [6.07, 6.45) is 3.90. The highest BCUT2D eigenvalue weighted by Crippen LogP contribution is 2.20. The van der Waals surface area contributed by atoms with Crippen LogP contribution in [-0.4, -0.2) is 11.2 Å². The molecule has 0 aliphatic carbocycles. The average molecular weight is 201 g/mol. The van der Waals surface area contributed by atoms with Gasteiger partial charge < -0.3 is 0 Å². The number of hydrogen-bond donors (Lipinski definition) is 0.